The van der Waals surface area contributed by atoms with Crippen LogP contribution in [-0.4, -0.2) is 40.1 Å². The third kappa shape index (κ3) is 4.44. The summed E-state index contributed by atoms with van der Waals surface area (Å²) in [5.41, 5.74) is 1.66. The van der Waals surface area contributed by atoms with Gasteiger partial charge in [0.1, 0.15) is 5.75 Å². The maximum Gasteiger partial charge on any atom is 0.258 e. The summed E-state index contributed by atoms with van der Waals surface area (Å²) in [7, 11) is 3.41. The van der Waals surface area contributed by atoms with Crippen LogP contribution in [0.3, 0.4) is 0 Å². The third-order valence-corrected chi connectivity index (χ3v) is 5.54. The molecule has 0 atom stereocenters. The molecule has 8 heteroatoms. The van der Waals surface area contributed by atoms with Gasteiger partial charge in [-0.25, -0.2) is 4.98 Å². The summed E-state index contributed by atoms with van der Waals surface area (Å²) in [6.45, 7) is 0.546. The van der Waals surface area contributed by atoms with Gasteiger partial charge in [-0.05, 0) is 17.7 Å². The number of thioether (sulfide) groups is 1. The number of hydrogen-bond donors (Lipinski definition) is 0. The van der Waals surface area contributed by atoms with Crippen LogP contribution in [0.2, 0.25) is 0 Å². The van der Waals surface area contributed by atoms with E-state index in [0.717, 1.165) is 11.3 Å². The average Bonchev–Trinajstić information content (AvgIpc) is 3.11. The number of benzene rings is 1. The molecule has 0 saturated carbocycles. The summed E-state index contributed by atoms with van der Waals surface area (Å²) < 4.78 is 6.65. The third-order valence-electron chi connectivity index (χ3n) is 3.84. The van der Waals surface area contributed by atoms with E-state index in [9.17, 15) is 9.59 Å². The molecule has 0 saturated heterocycles. The summed E-state index contributed by atoms with van der Waals surface area (Å²) >= 11 is 2.88. The molecule has 1 aromatic carbocycles. The smallest absolute Gasteiger partial charge is 0.258 e. The van der Waals surface area contributed by atoms with Gasteiger partial charge in [-0.3, -0.25) is 14.0 Å². The fourth-order valence-electron chi connectivity index (χ4n) is 2.41. The molecular formula is C18H19N3O3S2. The van der Waals surface area contributed by atoms with Gasteiger partial charge < -0.3 is 9.64 Å². The molecule has 0 aliphatic carbocycles. The number of carbonyl (C=O) groups is 1. The van der Waals surface area contributed by atoms with Crippen LogP contribution in [0.4, 0.5) is 0 Å². The molecule has 3 aromatic rings. The Bertz CT molecular complexity index is 950. The van der Waals surface area contributed by atoms with Crippen molar-refractivity contribution in [3.8, 4) is 5.75 Å². The maximum absolute atomic E-state index is 12.3. The van der Waals surface area contributed by atoms with Crippen LogP contribution in [0.1, 0.15) is 11.3 Å². The molecule has 0 N–H and O–H groups in total. The van der Waals surface area contributed by atoms with Gasteiger partial charge in [0.15, 0.2) is 4.96 Å². The highest BCUT2D eigenvalue weighted by molar-refractivity contribution is 7.99. The number of nitrogens with zero attached hydrogens (tertiary/aromatic N) is 3. The lowest BCUT2D eigenvalue weighted by atomic mass is 10.2. The molecule has 0 radical (unpaired) electrons. The van der Waals surface area contributed by atoms with Crippen molar-refractivity contribution >= 4 is 34.0 Å². The zero-order valence-electron chi connectivity index (χ0n) is 14.5. The van der Waals surface area contributed by atoms with E-state index in [-0.39, 0.29) is 11.5 Å². The van der Waals surface area contributed by atoms with Gasteiger partial charge in [-0.2, -0.15) is 0 Å². The number of rotatable bonds is 7. The van der Waals surface area contributed by atoms with Crippen LogP contribution >= 0.6 is 23.1 Å². The van der Waals surface area contributed by atoms with Crippen molar-refractivity contribution in [2.75, 3.05) is 19.9 Å². The van der Waals surface area contributed by atoms with Crippen molar-refractivity contribution in [2.24, 2.45) is 0 Å². The van der Waals surface area contributed by atoms with Gasteiger partial charge in [0.2, 0.25) is 5.91 Å². The second kappa shape index (κ2) is 8.37. The summed E-state index contributed by atoms with van der Waals surface area (Å²) in [5, 5.41) is 1.83. The number of ether oxygens (including phenoxy) is 1. The largest absolute Gasteiger partial charge is 0.497 e. The molecule has 0 fully saturated rings. The Hall–Kier alpha value is -2.32. The molecule has 1 amide bonds. The highest BCUT2D eigenvalue weighted by Gasteiger charge is 2.11. The molecule has 0 unspecified atom stereocenters. The van der Waals surface area contributed by atoms with Gasteiger partial charge >= 0.3 is 0 Å². The Kier molecular flexibility index (Phi) is 5.95. The second-order valence-corrected chi connectivity index (χ2v) is 7.59. The minimum atomic E-state index is -0.0881. The SMILES string of the molecule is COc1ccc(CN(C)C(=O)CSCc2cc(=O)n3ccsc3n2)cc1. The van der Waals surface area contributed by atoms with E-state index in [4.69, 9.17) is 4.74 Å². The number of methoxy groups -OCH3 is 1. The van der Waals surface area contributed by atoms with E-state index in [0.29, 0.717) is 28.7 Å². The Balaban J connectivity index is 1.51. The Morgan fingerprint density at radius 3 is 2.85 bits per heavy atom. The predicted octanol–water partition coefficient (Wildman–Crippen LogP) is 2.66. The zero-order valence-corrected chi connectivity index (χ0v) is 16.2. The van der Waals surface area contributed by atoms with Gasteiger partial charge in [-0.1, -0.05) is 12.1 Å². The van der Waals surface area contributed by atoms with Crippen molar-refractivity contribution in [2.45, 2.75) is 12.3 Å². The van der Waals surface area contributed by atoms with Crippen molar-refractivity contribution in [3.63, 3.8) is 0 Å². The van der Waals surface area contributed by atoms with Gasteiger partial charge in [0.25, 0.3) is 5.56 Å². The fraction of sp³-hybridized carbons (Fsp3) is 0.278. The summed E-state index contributed by atoms with van der Waals surface area (Å²) in [6, 6.07) is 9.19. The van der Waals surface area contributed by atoms with E-state index in [2.05, 4.69) is 4.98 Å². The highest BCUT2D eigenvalue weighted by atomic mass is 32.2. The van der Waals surface area contributed by atoms with Crippen LogP contribution in [0.25, 0.3) is 4.96 Å². The van der Waals surface area contributed by atoms with Crippen LogP contribution in [0, 0.1) is 0 Å². The molecule has 3 rings (SSSR count). The van der Waals surface area contributed by atoms with E-state index in [1.165, 1.54) is 33.6 Å². The molecule has 2 aromatic heterocycles. The van der Waals surface area contributed by atoms with Crippen molar-refractivity contribution < 1.29 is 9.53 Å². The first-order valence-electron chi connectivity index (χ1n) is 7.97. The first-order chi connectivity index (χ1) is 12.6. The lowest BCUT2D eigenvalue weighted by Gasteiger charge is -2.17. The molecule has 0 spiro atoms. The van der Waals surface area contributed by atoms with Crippen LogP contribution in [0.15, 0.2) is 46.7 Å². The van der Waals surface area contributed by atoms with Crippen LogP contribution in [-0.2, 0) is 17.1 Å². The topological polar surface area (TPSA) is 63.9 Å². The molecular weight excluding hydrogens is 370 g/mol. The molecule has 6 nitrogen and oxygen atoms in total. The summed E-state index contributed by atoms with van der Waals surface area (Å²) in [5.74, 6) is 1.72. The standard InChI is InChI=1S/C18H19N3O3S2/c1-20(10-13-3-5-15(24-2)6-4-13)17(23)12-25-11-14-9-16(22)21-7-8-26-18(21)19-14/h3-9H,10-12H2,1-2H3. The quantitative estimate of drug-likeness (QED) is 0.622. The van der Waals surface area contributed by atoms with Crippen molar-refractivity contribution in [1.29, 1.82) is 0 Å². The fourth-order valence-corrected chi connectivity index (χ4v) is 4.00. The molecule has 0 bridgehead atoms. The van der Waals surface area contributed by atoms with Crippen molar-refractivity contribution in [3.05, 3.63) is 63.5 Å². The number of fused-ring (bicyclic) bond motifs is 1. The van der Waals surface area contributed by atoms with Gasteiger partial charge in [0, 0.05) is 37.0 Å². The minimum Gasteiger partial charge on any atom is -0.497 e. The monoisotopic (exact) mass is 389 g/mol. The number of carbonyl (C=O) groups excluding carboxylic acids is 1. The molecule has 26 heavy (non-hydrogen) atoms. The second-order valence-electron chi connectivity index (χ2n) is 5.73. The predicted molar refractivity (Wildman–Crippen MR) is 105 cm³/mol. The van der Waals surface area contributed by atoms with Crippen molar-refractivity contribution in [1.82, 2.24) is 14.3 Å². The van der Waals surface area contributed by atoms with Crippen LogP contribution in [0.5, 0.6) is 5.75 Å². The molecule has 2 heterocycles. The lowest BCUT2D eigenvalue weighted by Crippen LogP contribution is -2.27. The zero-order chi connectivity index (χ0) is 18.5. The van der Waals surface area contributed by atoms with Crippen LogP contribution < -0.4 is 10.3 Å². The lowest BCUT2D eigenvalue weighted by molar-refractivity contribution is -0.127. The number of hydrogen-bond acceptors (Lipinski definition) is 6. The Morgan fingerprint density at radius 2 is 2.12 bits per heavy atom. The van der Waals surface area contributed by atoms with E-state index >= 15 is 0 Å². The summed E-state index contributed by atoms with van der Waals surface area (Å²) in [6.07, 6.45) is 1.71. The van der Waals surface area contributed by atoms with E-state index < -0.39 is 0 Å². The highest BCUT2D eigenvalue weighted by Crippen LogP contribution is 2.15. The Labute approximate surface area is 159 Å². The normalized spacial score (nSPS) is 10.8. The average molecular weight is 390 g/mol. The number of aromatic nitrogens is 2. The molecule has 0 aliphatic rings. The van der Waals surface area contributed by atoms with Gasteiger partial charge in [-0.15, -0.1) is 23.1 Å². The molecule has 136 valence electrons. The molecule has 0 aliphatic heterocycles. The van der Waals surface area contributed by atoms with E-state index in [1.807, 2.05) is 29.6 Å². The first kappa shape index (κ1) is 18.5. The summed E-state index contributed by atoms with van der Waals surface area (Å²) in [4.78, 5) is 31.1. The Morgan fingerprint density at radius 1 is 1.35 bits per heavy atom. The first-order valence-corrected chi connectivity index (χ1v) is 10.0. The number of thiazole rings is 1. The number of amides is 1. The maximum atomic E-state index is 12.3. The van der Waals surface area contributed by atoms with Gasteiger partial charge in [0.05, 0.1) is 18.6 Å². The van der Waals surface area contributed by atoms with E-state index in [1.54, 1.807) is 25.3 Å². The minimum absolute atomic E-state index is 0.0414.